The molecule has 2 aromatic rings. The Morgan fingerprint density at radius 2 is 1.56 bits per heavy atom. The number of rotatable bonds is 8. The minimum absolute atomic E-state index is 0.0128. The molecule has 5 heteroatoms. The highest BCUT2D eigenvalue weighted by atomic mass is 35.5. The maximum absolute atomic E-state index is 13.4. The Bertz CT molecular complexity index is 942. The van der Waals surface area contributed by atoms with Gasteiger partial charge in [0.25, 0.3) is 0 Å². The number of hydrogen-bond acceptors (Lipinski definition) is 2. The van der Waals surface area contributed by atoms with E-state index in [0.29, 0.717) is 24.4 Å². The second kappa shape index (κ2) is 11.9. The fourth-order valence-corrected chi connectivity index (χ4v) is 4.63. The van der Waals surface area contributed by atoms with Crippen LogP contribution in [0.25, 0.3) is 0 Å². The molecule has 0 aromatic heterocycles. The molecule has 0 saturated heterocycles. The highest BCUT2D eigenvalue weighted by molar-refractivity contribution is 6.30. The Kier molecular flexibility index (Phi) is 9.18. The van der Waals surface area contributed by atoms with Crippen molar-refractivity contribution < 1.29 is 9.59 Å². The molecule has 34 heavy (non-hydrogen) atoms. The van der Waals surface area contributed by atoms with Crippen molar-refractivity contribution in [3.05, 3.63) is 70.2 Å². The van der Waals surface area contributed by atoms with Crippen LogP contribution in [0.15, 0.2) is 48.5 Å². The van der Waals surface area contributed by atoms with Crippen molar-refractivity contribution in [1.82, 2.24) is 10.2 Å². The van der Waals surface area contributed by atoms with Crippen molar-refractivity contribution >= 4 is 23.4 Å². The summed E-state index contributed by atoms with van der Waals surface area (Å²) in [6.07, 6.45) is 6.60. The predicted molar refractivity (Wildman–Crippen MR) is 140 cm³/mol. The summed E-state index contributed by atoms with van der Waals surface area (Å²) in [5.74, 6) is -0.0788. The van der Waals surface area contributed by atoms with Gasteiger partial charge in [0.2, 0.25) is 11.8 Å². The van der Waals surface area contributed by atoms with Crippen LogP contribution < -0.4 is 5.32 Å². The maximum Gasteiger partial charge on any atom is 0.242 e. The van der Waals surface area contributed by atoms with E-state index in [1.807, 2.05) is 31.2 Å². The second-order valence-electron chi connectivity index (χ2n) is 10.6. The van der Waals surface area contributed by atoms with Gasteiger partial charge in [0.05, 0.1) is 0 Å². The number of benzene rings is 2. The lowest BCUT2D eigenvalue weighted by molar-refractivity contribution is -0.141. The summed E-state index contributed by atoms with van der Waals surface area (Å²) in [4.78, 5) is 28.2. The first-order valence-corrected chi connectivity index (χ1v) is 12.9. The van der Waals surface area contributed by atoms with E-state index in [1.165, 1.54) is 12.0 Å². The summed E-state index contributed by atoms with van der Waals surface area (Å²) < 4.78 is 0. The van der Waals surface area contributed by atoms with Crippen LogP contribution in [0, 0.1) is 0 Å². The number of carbonyl (C=O) groups excluding carboxylic acids is 2. The minimum Gasteiger partial charge on any atom is -0.352 e. The van der Waals surface area contributed by atoms with Crippen LogP contribution in [0.3, 0.4) is 0 Å². The van der Waals surface area contributed by atoms with Gasteiger partial charge >= 0.3 is 0 Å². The molecule has 0 heterocycles. The summed E-state index contributed by atoms with van der Waals surface area (Å²) in [7, 11) is 0. The summed E-state index contributed by atoms with van der Waals surface area (Å²) in [6.45, 7) is 8.81. The summed E-state index contributed by atoms with van der Waals surface area (Å²) in [5, 5.41) is 3.84. The van der Waals surface area contributed by atoms with Gasteiger partial charge in [-0.1, -0.05) is 88.0 Å². The molecule has 0 radical (unpaired) electrons. The van der Waals surface area contributed by atoms with Gasteiger partial charge in [-0.15, -0.1) is 0 Å². The number of nitrogens with one attached hydrogen (secondary N) is 1. The molecule has 0 spiro atoms. The minimum atomic E-state index is -0.534. The maximum atomic E-state index is 13.4. The van der Waals surface area contributed by atoms with Crippen molar-refractivity contribution in [2.75, 3.05) is 0 Å². The van der Waals surface area contributed by atoms with E-state index < -0.39 is 6.04 Å². The molecule has 0 bridgehead atoms. The molecule has 0 aliphatic heterocycles. The van der Waals surface area contributed by atoms with Crippen molar-refractivity contribution in [3.8, 4) is 0 Å². The van der Waals surface area contributed by atoms with Crippen LogP contribution in [0.5, 0.6) is 0 Å². The highest BCUT2D eigenvalue weighted by Crippen LogP contribution is 2.23. The number of nitrogens with zero attached hydrogens (tertiary/aromatic N) is 1. The molecule has 2 amide bonds. The molecule has 1 saturated carbocycles. The smallest absolute Gasteiger partial charge is 0.242 e. The second-order valence-corrected chi connectivity index (χ2v) is 11.1. The molecule has 3 rings (SSSR count). The van der Waals surface area contributed by atoms with E-state index in [-0.39, 0.29) is 23.3 Å². The van der Waals surface area contributed by atoms with E-state index in [1.54, 1.807) is 4.90 Å². The number of hydrogen-bond donors (Lipinski definition) is 1. The lowest BCUT2D eigenvalue weighted by Gasteiger charge is -2.31. The molecule has 4 nitrogen and oxygen atoms in total. The Hall–Kier alpha value is -2.33. The van der Waals surface area contributed by atoms with Crippen molar-refractivity contribution in [3.63, 3.8) is 0 Å². The van der Waals surface area contributed by atoms with E-state index in [4.69, 9.17) is 11.6 Å². The Balaban J connectivity index is 1.69. The molecule has 1 atom stereocenters. The van der Waals surface area contributed by atoms with Crippen LogP contribution in [-0.2, 0) is 28.0 Å². The van der Waals surface area contributed by atoms with Gasteiger partial charge in [-0.05, 0) is 60.4 Å². The third-order valence-corrected chi connectivity index (χ3v) is 7.08. The molecular formula is C29H39ClN2O2. The zero-order valence-electron chi connectivity index (χ0n) is 21.1. The first kappa shape index (κ1) is 26.3. The van der Waals surface area contributed by atoms with Crippen LogP contribution in [0.1, 0.15) is 82.9 Å². The molecule has 184 valence electrons. The van der Waals surface area contributed by atoms with Gasteiger partial charge in [0.1, 0.15) is 6.04 Å². The molecule has 2 aromatic carbocycles. The van der Waals surface area contributed by atoms with Crippen molar-refractivity contribution in [2.45, 2.75) is 96.7 Å². The van der Waals surface area contributed by atoms with Crippen LogP contribution in [0.4, 0.5) is 0 Å². The lowest BCUT2D eigenvalue weighted by Crippen LogP contribution is -2.50. The Morgan fingerprint density at radius 3 is 2.15 bits per heavy atom. The molecule has 0 unspecified atom stereocenters. The molecule has 1 N–H and O–H groups in total. The monoisotopic (exact) mass is 482 g/mol. The fraction of sp³-hybridized carbons (Fsp3) is 0.517. The fourth-order valence-electron chi connectivity index (χ4n) is 4.50. The van der Waals surface area contributed by atoms with E-state index >= 15 is 0 Å². The van der Waals surface area contributed by atoms with Crippen LogP contribution in [-0.4, -0.2) is 28.8 Å². The third-order valence-electron chi connectivity index (χ3n) is 6.83. The predicted octanol–water partition coefficient (Wildman–Crippen LogP) is 6.44. The zero-order valence-corrected chi connectivity index (χ0v) is 21.8. The summed E-state index contributed by atoms with van der Waals surface area (Å²) in [5.41, 5.74) is 3.47. The van der Waals surface area contributed by atoms with Gasteiger partial charge in [-0.3, -0.25) is 9.59 Å². The first-order chi connectivity index (χ1) is 16.1. The van der Waals surface area contributed by atoms with Gasteiger partial charge in [0.15, 0.2) is 0 Å². The van der Waals surface area contributed by atoms with Gasteiger partial charge < -0.3 is 10.2 Å². The molecule has 1 aliphatic rings. The lowest BCUT2D eigenvalue weighted by atomic mass is 9.86. The number of amides is 2. The van der Waals surface area contributed by atoms with E-state index in [9.17, 15) is 9.59 Å². The van der Waals surface area contributed by atoms with Crippen molar-refractivity contribution in [1.29, 1.82) is 0 Å². The quantitative estimate of drug-likeness (QED) is 0.470. The third kappa shape index (κ3) is 7.59. The molecule has 1 fully saturated rings. The number of aryl methyl sites for hydroxylation is 1. The molecular weight excluding hydrogens is 444 g/mol. The van der Waals surface area contributed by atoms with Gasteiger partial charge in [-0.25, -0.2) is 0 Å². The number of halogens is 1. The molecule has 1 aliphatic carbocycles. The van der Waals surface area contributed by atoms with Crippen molar-refractivity contribution in [2.24, 2.45) is 0 Å². The van der Waals surface area contributed by atoms with Crippen LogP contribution >= 0.6 is 11.6 Å². The Morgan fingerprint density at radius 1 is 0.971 bits per heavy atom. The topological polar surface area (TPSA) is 49.4 Å². The number of carbonyl (C=O) groups is 2. The van der Waals surface area contributed by atoms with Gasteiger partial charge in [-0.2, -0.15) is 0 Å². The normalized spacial score (nSPS) is 15.6. The highest BCUT2D eigenvalue weighted by Gasteiger charge is 2.28. The largest absolute Gasteiger partial charge is 0.352 e. The van der Waals surface area contributed by atoms with Crippen LogP contribution in [0.2, 0.25) is 5.02 Å². The SMILES string of the molecule is C[C@H](C(=O)NC1CCCCC1)N(Cc1ccc(Cl)cc1)C(=O)CCc1ccc(C(C)(C)C)cc1. The average molecular weight is 483 g/mol. The van der Waals surface area contributed by atoms with E-state index in [0.717, 1.165) is 36.8 Å². The van der Waals surface area contributed by atoms with Gasteiger partial charge in [0, 0.05) is 24.0 Å². The first-order valence-electron chi connectivity index (χ1n) is 12.6. The summed E-state index contributed by atoms with van der Waals surface area (Å²) in [6, 6.07) is 15.7. The zero-order chi connectivity index (χ0) is 24.7. The average Bonchev–Trinajstić information content (AvgIpc) is 2.82. The Labute approximate surface area is 210 Å². The van der Waals surface area contributed by atoms with E-state index in [2.05, 4.69) is 50.4 Å². The standard InChI is InChI=1S/C29H39ClN2O2/c1-21(28(34)31-26-8-6-5-7-9-26)32(20-23-12-17-25(30)18-13-23)27(33)19-14-22-10-15-24(16-11-22)29(2,3)4/h10-13,15-18,21,26H,5-9,14,19-20H2,1-4H3,(H,31,34)/t21-/m1/s1. The summed E-state index contributed by atoms with van der Waals surface area (Å²) >= 11 is 6.04.